The number of carbonyl (C=O) groups is 2. The molecule has 1 aliphatic rings. The van der Waals surface area contributed by atoms with E-state index in [0.29, 0.717) is 6.42 Å². The molecule has 0 saturated carbocycles. The molecular weight excluding hydrogens is 166 g/mol. The van der Waals surface area contributed by atoms with Crippen LogP contribution >= 0.6 is 0 Å². The van der Waals surface area contributed by atoms with Crippen LogP contribution in [0.1, 0.15) is 27.2 Å². The zero-order chi connectivity index (χ0) is 10.2. The maximum absolute atomic E-state index is 11.4. The summed E-state index contributed by atoms with van der Waals surface area (Å²) in [7, 11) is 1.71. The van der Waals surface area contributed by atoms with Gasteiger partial charge in [-0.2, -0.15) is 0 Å². The topological polar surface area (TPSA) is 37.4 Å². The van der Waals surface area contributed by atoms with Crippen molar-refractivity contribution in [3.05, 3.63) is 11.3 Å². The summed E-state index contributed by atoms with van der Waals surface area (Å²) in [6.45, 7) is 5.30. The Labute approximate surface area is 78.4 Å². The number of amides is 1. The van der Waals surface area contributed by atoms with E-state index in [1.165, 1.54) is 0 Å². The third-order valence-corrected chi connectivity index (χ3v) is 2.62. The van der Waals surface area contributed by atoms with Crippen molar-refractivity contribution in [1.29, 1.82) is 0 Å². The lowest BCUT2D eigenvalue weighted by molar-refractivity contribution is -0.130. The van der Waals surface area contributed by atoms with Crippen molar-refractivity contribution >= 4 is 11.7 Å². The average molecular weight is 181 g/mol. The van der Waals surface area contributed by atoms with E-state index in [4.69, 9.17) is 0 Å². The highest BCUT2D eigenvalue weighted by Crippen LogP contribution is 2.27. The van der Waals surface area contributed by atoms with Gasteiger partial charge in [0.05, 0.1) is 0 Å². The number of allylic oxidation sites excluding steroid dienone is 2. The molecule has 13 heavy (non-hydrogen) atoms. The quantitative estimate of drug-likeness (QED) is 0.612. The van der Waals surface area contributed by atoms with Crippen LogP contribution in [0.3, 0.4) is 0 Å². The van der Waals surface area contributed by atoms with Gasteiger partial charge in [-0.1, -0.05) is 6.92 Å². The minimum absolute atomic E-state index is 0.0706. The van der Waals surface area contributed by atoms with E-state index in [1.807, 2.05) is 13.8 Å². The summed E-state index contributed by atoms with van der Waals surface area (Å²) in [5, 5.41) is 0. The Hall–Kier alpha value is -1.12. The molecule has 0 aromatic rings. The highest BCUT2D eigenvalue weighted by atomic mass is 16.2. The predicted molar refractivity (Wildman–Crippen MR) is 49.9 cm³/mol. The van der Waals surface area contributed by atoms with Gasteiger partial charge in [0.1, 0.15) is 0 Å². The fraction of sp³-hybridized carbons (Fsp3) is 0.600. The van der Waals surface area contributed by atoms with Crippen molar-refractivity contribution in [1.82, 2.24) is 4.90 Å². The molecule has 0 radical (unpaired) electrons. The van der Waals surface area contributed by atoms with Gasteiger partial charge in [-0.15, -0.1) is 0 Å². The predicted octanol–water partition coefficient (Wildman–Crippen LogP) is 1.35. The number of ketones is 1. The summed E-state index contributed by atoms with van der Waals surface area (Å²) >= 11 is 0. The molecular formula is C10H15NO2. The van der Waals surface area contributed by atoms with E-state index in [0.717, 1.165) is 11.3 Å². The van der Waals surface area contributed by atoms with E-state index in [-0.39, 0.29) is 17.6 Å². The molecule has 1 unspecified atom stereocenters. The molecule has 72 valence electrons. The van der Waals surface area contributed by atoms with Crippen LogP contribution in [0.2, 0.25) is 0 Å². The Morgan fingerprint density at radius 3 is 2.54 bits per heavy atom. The molecule has 1 aliphatic heterocycles. The lowest BCUT2D eigenvalue weighted by atomic mass is 9.89. The van der Waals surface area contributed by atoms with Crippen LogP contribution in [-0.4, -0.2) is 23.6 Å². The Kier molecular flexibility index (Phi) is 2.55. The van der Waals surface area contributed by atoms with Crippen molar-refractivity contribution in [3.8, 4) is 0 Å². The summed E-state index contributed by atoms with van der Waals surface area (Å²) < 4.78 is 0. The normalized spacial score (nSPS) is 23.8. The van der Waals surface area contributed by atoms with Crippen molar-refractivity contribution in [3.63, 3.8) is 0 Å². The molecule has 3 heteroatoms. The molecule has 0 aromatic carbocycles. The van der Waals surface area contributed by atoms with E-state index in [9.17, 15) is 9.59 Å². The highest BCUT2D eigenvalue weighted by Gasteiger charge is 2.28. The SMILES string of the molecule is CC(=O)C1=C(C)N(C)C(=O)CC1C. The maximum Gasteiger partial charge on any atom is 0.227 e. The molecule has 1 atom stereocenters. The number of nitrogens with zero attached hydrogens (tertiary/aromatic N) is 1. The van der Waals surface area contributed by atoms with E-state index in [2.05, 4.69) is 0 Å². The fourth-order valence-electron chi connectivity index (χ4n) is 1.83. The van der Waals surface area contributed by atoms with Gasteiger partial charge in [-0.05, 0) is 19.8 Å². The number of rotatable bonds is 1. The summed E-state index contributed by atoms with van der Waals surface area (Å²) in [6, 6.07) is 0. The summed E-state index contributed by atoms with van der Waals surface area (Å²) in [5.41, 5.74) is 1.60. The third kappa shape index (κ3) is 1.64. The van der Waals surface area contributed by atoms with Crippen LogP contribution in [0.5, 0.6) is 0 Å². The van der Waals surface area contributed by atoms with Crippen molar-refractivity contribution in [2.24, 2.45) is 5.92 Å². The van der Waals surface area contributed by atoms with Crippen LogP contribution in [0, 0.1) is 5.92 Å². The molecule has 1 heterocycles. The first kappa shape index (κ1) is 9.96. The first-order chi connectivity index (χ1) is 5.95. The van der Waals surface area contributed by atoms with Gasteiger partial charge in [0, 0.05) is 24.7 Å². The molecule has 0 spiro atoms. The Bertz CT molecular complexity index is 291. The second kappa shape index (κ2) is 3.32. The van der Waals surface area contributed by atoms with Gasteiger partial charge in [-0.3, -0.25) is 9.59 Å². The van der Waals surface area contributed by atoms with Gasteiger partial charge < -0.3 is 4.90 Å². The number of hydrogen-bond acceptors (Lipinski definition) is 2. The third-order valence-electron chi connectivity index (χ3n) is 2.62. The van der Waals surface area contributed by atoms with E-state index in [1.54, 1.807) is 18.9 Å². The molecule has 0 bridgehead atoms. The number of Topliss-reactive ketones (excluding diaryl/α,β-unsaturated/α-hetero) is 1. The Morgan fingerprint density at radius 2 is 2.08 bits per heavy atom. The zero-order valence-electron chi connectivity index (χ0n) is 8.55. The standard InChI is InChI=1S/C10H15NO2/c1-6-5-9(13)11(4)7(2)10(6)8(3)12/h6H,5H2,1-4H3. The molecule has 1 amide bonds. The van der Waals surface area contributed by atoms with Gasteiger partial charge in [0.2, 0.25) is 5.91 Å². The van der Waals surface area contributed by atoms with Crippen LogP contribution in [-0.2, 0) is 9.59 Å². The summed E-state index contributed by atoms with van der Waals surface area (Å²) in [6.07, 6.45) is 0.447. The molecule has 0 N–H and O–H groups in total. The van der Waals surface area contributed by atoms with E-state index < -0.39 is 0 Å². The molecule has 0 aliphatic carbocycles. The first-order valence-corrected chi connectivity index (χ1v) is 4.43. The second-order valence-electron chi connectivity index (χ2n) is 3.61. The molecule has 0 fully saturated rings. The minimum Gasteiger partial charge on any atom is -0.319 e. The highest BCUT2D eigenvalue weighted by molar-refractivity contribution is 5.97. The lowest BCUT2D eigenvalue weighted by Gasteiger charge is -2.29. The van der Waals surface area contributed by atoms with E-state index >= 15 is 0 Å². The van der Waals surface area contributed by atoms with Gasteiger partial charge in [-0.25, -0.2) is 0 Å². The summed E-state index contributed by atoms with van der Waals surface area (Å²) in [4.78, 5) is 24.2. The smallest absolute Gasteiger partial charge is 0.227 e. The van der Waals surface area contributed by atoms with Gasteiger partial charge >= 0.3 is 0 Å². The molecule has 1 rings (SSSR count). The number of carbonyl (C=O) groups excluding carboxylic acids is 2. The van der Waals surface area contributed by atoms with Crippen LogP contribution in [0.15, 0.2) is 11.3 Å². The van der Waals surface area contributed by atoms with Crippen LogP contribution < -0.4 is 0 Å². The minimum atomic E-state index is 0.0706. The van der Waals surface area contributed by atoms with Crippen molar-refractivity contribution < 1.29 is 9.59 Å². The fourth-order valence-corrected chi connectivity index (χ4v) is 1.83. The first-order valence-electron chi connectivity index (χ1n) is 4.43. The molecule has 0 aromatic heterocycles. The average Bonchev–Trinajstić information content (AvgIpc) is 1.99. The second-order valence-corrected chi connectivity index (χ2v) is 3.61. The molecule has 3 nitrogen and oxygen atoms in total. The lowest BCUT2D eigenvalue weighted by Crippen LogP contribution is -2.34. The summed E-state index contributed by atoms with van der Waals surface area (Å²) in [5.74, 6) is 0.237. The van der Waals surface area contributed by atoms with Crippen molar-refractivity contribution in [2.75, 3.05) is 7.05 Å². The monoisotopic (exact) mass is 181 g/mol. The number of hydrogen-bond donors (Lipinski definition) is 0. The molecule has 0 saturated heterocycles. The van der Waals surface area contributed by atoms with Crippen LogP contribution in [0.25, 0.3) is 0 Å². The van der Waals surface area contributed by atoms with Gasteiger partial charge in [0.25, 0.3) is 0 Å². The van der Waals surface area contributed by atoms with Crippen molar-refractivity contribution in [2.45, 2.75) is 27.2 Å². The maximum atomic E-state index is 11.4. The zero-order valence-corrected chi connectivity index (χ0v) is 8.55. The Balaban J connectivity index is 3.14. The van der Waals surface area contributed by atoms with Crippen LogP contribution in [0.4, 0.5) is 0 Å². The van der Waals surface area contributed by atoms with Gasteiger partial charge in [0.15, 0.2) is 5.78 Å². The Morgan fingerprint density at radius 1 is 1.54 bits per heavy atom. The largest absolute Gasteiger partial charge is 0.319 e.